The van der Waals surface area contributed by atoms with E-state index in [4.69, 9.17) is 0 Å². The van der Waals surface area contributed by atoms with Crippen LogP contribution >= 0.6 is 0 Å². The quantitative estimate of drug-likeness (QED) is 0.238. The first-order valence-electron chi connectivity index (χ1n) is 10.5. The summed E-state index contributed by atoms with van der Waals surface area (Å²) in [6.45, 7) is 0. The van der Waals surface area contributed by atoms with Crippen molar-refractivity contribution in [3.63, 3.8) is 0 Å². The van der Waals surface area contributed by atoms with Gasteiger partial charge in [-0.1, -0.05) is 60.7 Å². The van der Waals surface area contributed by atoms with Crippen LogP contribution < -0.4 is 10.9 Å². The van der Waals surface area contributed by atoms with Gasteiger partial charge in [0, 0.05) is 10.8 Å². The molecule has 4 heteroatoms. The number of aromatic amines is 2. The summed E-state index contributed by atoms with van der Waals surface area (Å²) in [5.41, 5.74) is 2.79. The van der Waals surface area contributed by atoms with Gasteiger partial charge in [0.05, 0.1) is 32.8 Å². The molecular weight excluding hydrogens is 396 g/mol. The van der Waals surface area contributed by atoms with Crippen molar-refractivity contribution in [1.82, 2.24) is 9.97 Å². The van der Waals surface area contributed by atoms with Crippen molar-refractivity contribution in [2.24, 2.45) is 0 Å². The van der Waals surface area contributed by atoms with Gasteiger partial charge in [0.25, 0.3) is 0 Å². The van der Waals surface area contributed by atoms with Gasteiger partial charge in [0.15, 0.2) is 10.9 Å². The van der Waals surface area contributed by atoms with E-state index in [1.807, 2.05) is 72.8 Å². The van der Waals surface area contributed by atoms with Crippen molar-refractivity contribution in [2.75, 3.05) is 0 Å². The van der Waals surface area contributed by atoms with E-state index in [9.17, 15) is 9.59 Å². The van der Waals surface area contributed by atoms with Gasteiger partial charge in [0.1, 0.15) is 0 Å². The van der Waals surface area contributed by atoms with E-state index in [-0.39, 0.29) is 10.9 Å². The topological polar surface area (TPSA) is 65.7 Å². The van der Waals surface area contributed by atoms with Gasteiger partial charge in [-0.25, -0.2) is 0 Å². The number of hydrogen-bond acceptors (Lipinski definition) is 2. The number of rotatable bonds is 0. The van der Waals surface area contributed by atoms with E-state index in [1.54, 1.807) is 12.1 Å². The van der Waals surface area contributed by atoms with Crippen molar-refractivity contribution in [3.05, 3.63) is 105 Å². The predicted molar refractivity (Wildman–Crippen MR) is 133 cm³/mol. The Balaban J connectivity index is 1.68. The minimum absolute atomic E-state index is 0.0353. The Hall–Kier alpha value is -4.44. The maximum atomic E-state index is 13.6. The van der Waals surface area contributed by atoms with Crippen LogP contribution in [0.1, 0.15) is 0 Å². The Morgan fingerprint density at radius 3 is 1.34 bits per heavy atom. The van der Waals surface area contributed by atoms with Crippen LogP contribution in [0, 0.1) is 0 Å². The summed E-state index contributed by atoms with van der Waals surface area (Å²) >= 11 is 0. The van der Waals surface area contributed by atoms with E-state index in [2.05, 4.69) is 9.97 Å². The molecule has 2 heterocycles. The van der Waals surface area contributed by atoms with E-state index in [0.717, 1.165) is 32.6 Å². The first-order chi connectivity index (χ1) is 15.7. The van der Waals surface area contributed by atoms with E-state index >= 15 is 0 Å². The summed E-state index contributed by atoms with van der Waals surface area (Å²) in [5, 5.41) is 6.37. The molecule has 0 spiro atoms. The van der Waals surface area contributed by atoms with Crippen molar-refractivity contribution in [3.8, 4) is 0 Å². The minimum atomic E-state index is -0.0353. The number of nitrogens with one attached hydrogen (secondary N) is 2. The van der Waals surface area contributed by atoms with Gasteiger partial charge in [-0.15, -0.1) is 0 Å². The van der Waals surface area contributed by atoms with Crippen LogP contribution in [0.25, 0.3) is 65.2 Å². The lowest BCUT2D eigenvalue weighted by molar-refractivity contribution is 1.47. The highest BCUT2D eigenvalue weighted by Gasteiger charge is 2.14. The molecule has 0 aliphatic carbocycles. The van der Waals surface area contributed by atoms with Crippen LogP contribution in [0.15, 0.2) is 94.5 Å². The van der Waals surface area contributed by atoms with Crippen LogP contribution in [-0.2, 0) is 0 Å². The van der Waals surface area contributed by atoms with Crippen LogP contribution in [0.5, 0.6) is 0 Å². The highest BCUT2D eigenvalue weighted by atomic mass is 16.1. The molecule has 0 radical (unpaired) electrons. The standard InChI is InChI=1S/C28H16N2O2/c31-27-19-13-24-20(28(32)26-18-8-4-2-6-16(18)10-12-22(26)30-24)14-23(19)29-21-11-9-15-5-1-3-7-17(15)25(21)27/h1-14H,(H,29,31)(H,30,32). The molecule has 0 aliphatic heterocycles. The number of pyridine rings is 2. The lowest BCUT2D eigenvalue weighted by Crippen LogP contribution is -2.08. The number of fused-ring (bicyclic) bond motifs is 8. The fourth-order valence-corrected chi connectivity index (χ4v) is 4.98. The zero-order valence-electron chi connectivity index (χ0n) is 16.9. The smallest absolute Gasteiger partial charge is 0.197 e. The molecule has 2 aromatic heterocycles. The van der Waals surface area contributed by atoms with E-state index in [0.29, 0.717) is 32.6 Å². The van der Waals surface area contributed by atoms with E-state index in [1.165, 1.54) is 0 Å². The van der Waals surface area contributed by atoms with Crippen LogP contribution in [0.2, 0.25) is 0 Å². The second-order valence-corrected chi connectivity index (χ2v) is 8.27. The Labute approximate surface area is 180 Å². The molecule has 7 rings (SSSR count). The van der Waals surface area contributed by atoms with Gasteiger partial charge in [-0.2, -0.15) is 0 Å². The molecule has 32 heavy (non-hydrogen) atoms. The van der Waals surface area contributed by atoms with Crippen LogP contribution in [0.4, 0.5) is 0 Å². The van der Waals surface area contributed by atoms with Gasteiger partial charge in [-0.05, 0) is 45.8 Å². The second kappa shape index (κ2) is 6.05. The molecule has 0 atom stereocenters. The summed E-state index contributed by atoms with van der Waals surface area (Å²) in [4.78, 5) is 33.9. The highest BCUT2D eigenvalue weighted by Crippen LogP contribution is 2.27. The SMILES string of the molecule is O=c1c2cc3[nH]c4ccc5ccccc5c4c(=O)c3cc2[nH]c2ccc3ccccc3c12. The Bertz CT molecular complexity index is 1880. The average molecular weight is 412 g/mol. The molecule has 150 valence electrons. The van der Waals surface area contributed by atoms with Crippen LogP contribution in [0.3, 0.4) is 0 Å². The monoisotopic (exact) mass is 412 g/mol. The molecule has 0 bridgehead atoms. The molecule has 7 aromatic rings. The lowest BCUT2D eigenvalue weighted by atomic mass is 10.00. The summed E-state index contributed by atoms with van der Waals surface area (Å²) < 4.78 is 0. The fourth-order valence-electron chi connectivity index (χ4n) is 4.98. The molecule has 0 saturated heterocycles. The maximum Gasteiger partial charge on any atom is 0.197 e. The third kappa shape index (κ3) is 2.21. The van der Waals surface area contributed by atoms with Crippen molar-refractivity contribution in [2.45, 2.75) is 0 Å². The first kappa shape index (κ1) is 17.3. The molecule has 0 amide bonds. The third-order valence-corrected chi connectivity index (χ3v) is 6.50. The Kier molecular flexibility index (Phi) is 3.26. The lowest BCUT2D eigenvalue weighted by Gasteiger charge is -2.09. The summed E-state index contributed by atoms with van der Waals surface area (Å²) in [6, 6.07) is 27.3. The normalized spacial score (nSPS) is 12.0. The third-order valence-electron chi connectivity index (χ3n) is 6.50. The second-order valence-electron chi connectivity index (χ2n) is 8.27. The average Bonchev–Trinajstić information content (AvgIpc) is 2.83. The molecule has 0 fully saturated rings. The predicted octanol–water partition coefficient (Wildman–Crippen LogP) is 5.98. The van der Waals surface area contributed by atoms with Gasteiger partial charge >= 0.3 is 0 Å². The molecular formula is C28H16N2O2. The van der Waals surface area contributed by atoms with Crippen molar-refractivity contribution < 1.29 is 0 Å². The fraction of sp³-hybridized carbons (Fsp3) is 0. The summed E-state index contributed by atoms with van der Waals surface area (Å²) in [6.07, 6.45) is 0. The molecule has 0 unspecified atom stereocenters. The molecule has 5 aromatic carbocycles. The largest absolute Gasteiger partial charge is 0.354 e. The number of aromatic nitrogens is 2. The van der Waals surface area contributed by atoms with Crippen molar-refractivity contribution >= 4 is 65.2 Å². The zero-order valence-corrected chi connectivity index (χ0v) is 16.9. The molecule has 0 aliphatic rings. The van der Waals surface area contributed by atoms with Crippen molar-refractivity contribution in [1.29, 1.82) is 0 Å². The van der Waals surface area contributed by atoms with E-state index < -0.39 is 0 Å². The summed E-state index contributed by atoms with van der Waals surface area (Å²) in [5.74, 6) is 0. The zero-order chi connectivity index (χ0) is 21.4. The highest BCUT2D eigenvalue weighted by molar-refractivity contribution is 6.13. The molecule has 4 nitrogen and oxygen atoms in total. The minimum Gasteiger partial charge on any atom is -0.354 e. The Morgan fingerprint density at radius 1 is 0.438 bits per heavy atom. The van der Waals surface area contributed by atoms with Gasteiger partial charge < -0.3 is 9.97 Å². The Morgan fingerprint density at radius 2 is 0.875 bits per heavy atom. The van der Waals surface area contributed by atoms with Gasteiger partial charge in [-0.3, -0.25) is 9.59 Å². The number of hydrogen-bond donors (Lipinski definition) is 2. The van der Waals surface area contributed by atoms with Crippen LogP contribution in [-0.4, -0.2) is 9.97 Å². The number of benzene rings is 5. The number of H-pyrrole nitrogens is 2. The maximum absolute atomic E-state index is 13.6. The molecule has 0 saturated carbocycles. The van der Waals surface area contributed by atoms with Gasteiger partial charge in [0.2, 0.25) is 0 Å². The summed E-state index contributed by atoms with van der Waals surface area (Å²) in [7, 11) is 0. The first-order valence-corrected chi connectivity index (χ1v) is 10.5. The molecule has 2 N–H and O–H groups in total.